The molecule has 4 nitrogen and oxygen atoms in total. The molecule has 1 N–H and O–H groups in total. The van der Waals surface area contributed by atoms with Gasteiger partial charge >= 0.3 is 0 Å². The van der Waals surface area contributed by atoms with Gasteiger partial charge in [0.2, 0.25) is 10.0 Å². The summed E-state index contributed by atoms with van der Waals surface area (Å²) in [6, 6.07) is 0. The van der Waals surface area contributed by atoms with Crippen LogP contribution in [0.1, 0.15) is 13.8 Å². The highest BCUT2D eigenvalue weighted by atomic mass is 32.2. The second-order valence-electron chi connectivity index (χ2n) is 5.28. The van der Waals surface area contributed by atoms with Gasteiger partial charge in [-0.2, -0.15) is 0 Å². The predicted octanol–water partition coefficient (Wildman–Crippen LogP) is 1.50. The highest BCUT2D eigenvalue weighted by Crippen LogP contribution is 2.23. The summed E-state index contributed by atoms with van der Waals surface area (Å²) in [6.07, 6.45) is 8.96. The van der Waals surface area contributed by atoms with Crippen LogP contribution in [0.4, 0.5) is 0 Å². The Morgan fingerprint density at radius 2 is 1.94 bits per heavy atom. The van der Waals surface area contributed by atoms with Gasteiger partial charge in [-0.3, -0.25) is 0 Å². The molecule has 0 fully saturated rings. The average Bonchev–Trinajstić information content (AvgIpc) is 2.38. The normalized spacial score (nSPS) is 18.8. The van der Waals surface area contributed by atoms with Gasteiger partial charge in [0, 0.05) is 18.5 Å². The van der Waals surface area contributed by atoms with Crippen molar-refractivity contribution < 1.29 is 8.42 Å². The molecular formula is C13H22N2O2S. The van der Waals surface area contributed by atoms with Gasteiger partial charge < -0.3 is 4.90 Å². The first-order valence-corrected chi connectivity index (χ1v) is 7.44. The van der Waals surface area contributed by atoms with Crippen LogP contribution in [-0.2, 0) is 10.0 Å². The largest absolute Gasteiger partial charge is 0.308 e. The van der Waals surface area contributed by atoms with Gasteiger partial charge in [0.25, 0.3) is 0 Å². The molecule has 1 aliphatic carbocycles. The summed E-state index contributed by atoms with van der Waals surface area (Å²) < 4.78 is 26.7. The molecule has 0 radical (unpaired) electrons. The molecule has 18 heavy (non-hydrogen) atoms. The van der Waals surface area contributed by atoms with Gasteiger partial charge in [0.15, 0.2) is 0 Å². The van der Waals surface area contributed by atoms with E-state index in [4.69, 9.17) is 0 Å². The topological polar surface area (TPSA) is 49.4 Å². The highest BCUT2D eigenvalue weighted by Gasteiger charge is 2.18. The SMILES string of the molecule is CN(C)CCNS(=O)(=O)C1=CC=CC(C)(C)C=C1. The van der Waals surface area contributed by atoms with Crippen LogP contribution in [0, 0.1) is 5.41 Å². The second kappa shape index (κ2) is 5.82. The Labute approximate surface area is 110 Å². The van der Waals surface area contributed by atoms with Crippen LogP contribution in [-0.4, -0.2) is 40.5 Å². The third kappa shape index (κ3) is 4.76. The maximum atomic E-state index is 12.0. The fraction of sp³-hybridized carbons (Fsp3) is 0.538. The zero-order valence-corrected chi connectivity index (χ0v) is 12.3. The minimum absolute atomic E-state index is 0.114. The third-order valence-corrected chi connectivity index (χ3v) is 4.10. The lowest BCUT2D eigenvalue weighted by Gasteiger charge is -2.13. The molecular weight excluding hydrogens is 248 g/mol. The zero-order chi connectivity index (χ0) is 13.8. The van der Waals surface area contributed by atoms with Crippen molar-refractivity contribution in [3.63, 3.8) is 0 Å². The maximum Gasteiger partial charge on any atom is 0.240 e. The van der Waals surface area contributed by atoms with Crippen molar-refractivity contribution >= 4 is 10.0 Å². The molecule has 0 bridgehead atoms. The van der Waals surface area contributed by atoms with E-state index >= 15 is 0 Å². The lowest BCUT2D eigenvalue weighted by atomic mass is 9.93. The second-order valence-corrected chi connectivity index (χ2v) is 7.05. The Morgan fingerprint density at radius 1 is 1.28 bits per heavy atom. The van der Waals surface area contributed by atoms with Crippen LogP contribution in [0.3, 0.4) is 0 Å². The number of sulfonamides is 1. The molecule has 0 saturated heterocycles. The molecule has 1 rings (SSSR count). The molecule has 0 heterocycles. The van der Waals surface area contributed by atoms with Crippen LogP contribution >= 0.6 is 0 Å². The van der Waals surface area contributed by atoms with E-state index in [1.807, 2.05) is 45.0 Å². The smallest absolute Gasteiger partial charge is 0.240 e. The van der Waals surface area contributed by atoms with E-state index in [-0.39, 0.29) is 5.41 Å². The van der Waals surface area contributed by atoms with Crippen molar-refractivity contribution in [2.24, 2.45) is 5.41 Å². The maximum absolute atomic E-state index is 12.0. The first-order chi connectivity index (χ1) is 8.23. The van der Waals surface area contributed by atoms with Crippen LogP contribution in [0.5, 0.6) is 0 Å². The molecule has 0 unspecified atom stereocenters. The van der Waals surface area contributed by atoms with Gasteiger partial charge in [-0.15, -0.1) is 0 Å². The molecule has 0 spiro atoms. The van der Waals surface area contributed by atoms with Crippen LogP contribution < -0.4 is 4.72 Å². The van der Waals surface area contributed by atoms with Crippen molar-refractivity contribution in [2.45, 2.75) is 13.8 Å². The Morgan fingerprint density at radius 3 is 2.56 bits per heavy atom. The number of likely N-dealkylation sites (N-methyl/N-ethyl adjacent to an activating group) is 1. The summed E-state index contributed by atoms with van der Waals surface area (Å²) in [5.41, 5.74) is -0.114. The Bertz CT molecular complexity index is 471. The van der Waals surface area contributed by atoms with Crippen LogP contribution in [0.15, 0.2) is 35.3 Å². The molecule has 0 amide bonds. The number of hydrogen-bond acceptors (Lipinski definition) is 3. The number of allylic oxidation sites excluding steroid dienone is 5. The fourth-order valence-electron chi connectivity index (χ4n) is 1.47. The van der Waals surface area contributed by atoms with Gasteiger partial charge in [0.1, 0.15) is 0 Å². The van der Waals surface area contributed by atoms with Gasteiger partial charge in [0.05, 0.1) is 4.91 Å². The molecule has 1 aliphatic rings. The van der Waals surface area contributed by atoms with E-state index in [0.717, 1.165) is 0 Å². The van der Waals surface area contributed by atoms with Gasteiger partial charge in [-0.25, -0.2) is 13.1 Å². The number of hydrogen-bond donors (Lipinski definition) is 1. The van der Waals surface area contributed by atoms with Crippen molar-refractivity contribution in [3.8, 4) is 0 Å². The standard InChI is InChI=1S/C13H22N2O2S/c1-13(2)8-5-6-12(7-9-13)18(16,17)14-10-11-15(3)4/h5-9,14H,10-11H2,1-4H3. The number of nitrogens with one attached hydrogen (secondary N) is 1. The molecule has 0 aromatic heterocycles. The summed E-state index contributed by atoms with van der Waals surface area (Å²) in [5, 5.41) is 0. The van der Waals surface area contributed by atoms with Gasteiger partial charge in [-0.05, 0) is 26.2 Å². The van der Waals surface area contributed by atoms with Gasteiger partial charge in [-0.1, -0.05) is 32.1 Å². The molecule has 102 valence electrons. The fourth-order valence-corrected chi connectivity index (χ4v) is 2.50. The first kappa shape index (κ1) is 15.1. The molecule has 0 aliphatic heterocycles. The van der Waals surface area contributed by atoms with E-state index in [1.54, 1.807) is 18.2 Å². The molecule has 0 atom stereocenters. The molecule has 0 saturated carbocycles. The minimum Gasteiger partial charge on any atom is -0.308 e. The number of nitrogens with zero attached hydrogens (tertiary/aromatic N) is 1. The van der Waals surface area contributed by atoms with E-state index in [1.165, 1.54) is 0 Å². The Hall–Kier alpha value is -0.910. The van der Waals surface area contributed by atoms with Crippen molar-refractivity contribution in [1.29, 1.82) is 0 Å². The third-order valence-electron chi connectivity index (χ3n) is 2.62. The summed E-state index contributed by atoms with van der Waals surface area (Å²) in [7, 11) is 0.408. The summed E-state index contributed by atoms with van der Waals surface area (Å²) in [5.74, 6) is 0. The summed E-state index contributed by atoms with van der Waals surface area (Å²) in [4.78, 5) is 2.24. The summed E-state index contributed by atoms with van der Waals surface area (Å²) >= 11 is 0. The van der Waals surface area contributed by atoms with Crippen LogP contribution in [0.25, 0.3) is 0 Å². The lowest BCUT2D eigenvalue weighted by molar-refractivity contribution is 0.413. The average molecular weight is 270 g/mol. The van der Waals surface area contributed by atoms with Crippen LogP contribution in [0.2, 0.25) is 0 Å². The Balaban J connectivity index is 2.75. The van der Waals surface area contributed by atoms with Crippen molar-refractivity contribution in [1.82, 2.24) is 9.62 Å². The van der Waals surface area contributed by atoms with Crippen molar-refractivity contribution in [2.75, 3.05) is 27.2 Å². The quantitative estimate of drug-likeness (QED) is 0.823. The van der Waals surface area contributed by atoms with E-state index in [9.17, 15) is 8.42 Å². The lowest BCUT2D eigenvalue weighted by Crippen LogP contribution is -2.31. The zero-order valence-electron chi connectivity index (χ0n) is 11.5. The Kier molecular flexibility index (Phi) is 4.90. The monoisotopic (exact) mass is 270 g/mol. The van der Waals surface area contributed by atoms with E-state index in [2.05, 4.69) is 4.72 Å². The molecule has 0 aromatic rings. The predicted molar refractivity (Wildman–Crippen MR) is 75.6 cm³/mol. The molecule has 5 heteroatoms. The van der Waals surface area contributed by atoms with E-state index < -0.39 is 10.0 Å². The van der Waals surface area contributed by atoms with E-state index in [0.29, 0.717) is 18.0 Å². The number of rotatable bonds is 5. The molecule has 0 aromatic carbocycles. The van der Waals surface area contributed by atoms with Crippen molar-refractivity contribution in [3.05, 3.63) is 35.3 Å². The minimum atomic E-state index is -3.41. The first-order valence-electron chi connectivity index (χ1n) is 5.96. The summed E-state index contributed by atoms with van der Waals surface area (Å²) in [6.45, 7) is 5.15. The highest BCUT2D eigenvalue weighted by molar-refractivity contribution is 7.93.